The van der Waals surface area contributed by atoms with E-state index in [1.807, 2.05) is 0 Å². The maximum absolute atomic E-state index is 13.5. The van der Waals surface area contributed by atoms with Gasteiger partial charge in [-0.2, -0.15) is 0 Å². The first-order valence-electron chi connectivity index (χ1n) is 13.7. The van der Waals surface area contributed by atoms with Crippen LogP contribution >= 0.6 is 27.5 Å². The number of rotatable bonds is 7. The summed E-state index contributed by atoms with van der Waals surface area (Å²) < 4.78 is 30.9. The van der Waals surface area contributed by atoms with Crippen molar-refractivity contribution in [2.24, 2.45) is 0 Å². The Balaban J connectivity index is 1.45. The number of hydrogen-bond acceptors (Lipinski definition) is 9. The van der Waals surface area contributed by atoms with Gasteiger partial charge in [-0.05, 0) is 64.5 Å². The molecule has 2 heterocycles. The summed E-state index contributed by atoms with van der Waals surface area (Å²) in [5.41, 5.74) is 1.02. The number of benzene rings is 4. The van der Waals surface area contributed by atoms with E-state index in [-0.39, 0.29) is 39.4 Å². The van der Waals surface area contributed by atoms with Crippen LogP contribution < -0.4 is 5.76 Å². The molecule has 4 unspecified atom stereocenters. The Morgan fingerprint density at radius 3 is 1.76 bits per heavy atom. The van der Waals surface area contributed by atoms with Crippen molar-refractivity contribution >= 4 is 56.5 Å². The molecule has 0 bridgehead atoms. The average molecular weight is 693 g/mol. The van der Waals surface area contributed by atoms with Crippen LogP contribution in [0.2, 0.25) is 5.02 Å². The van der Waals surface area contributed by atoms with Gasteiger partial charge in [-0.15, -0.1) is 0 Å². The number of carbonyl (C=O) groups excluding carboxylic acids is 3. The minimum Gasteiger partial charge on any atom is -0.452 e. The fourth-order valence-corrected chi connectivity index (χ4v) is 5.41. The molecule has 1 aromatic heterocycles. The van der Waals surface area contributed by atoms with Gasteiger partial charge in [0.2, 0.25) is 0 Å². The fraction of sp³-hybridized carbons (Fsp3) is 0.152. The Morgan fingerprint density at radius 1 is 0.733 bits per heavy atom. The highest BCUT2D eigenvalue weighted by Gasteiger charge is 2.50. The maximum atomic E-state index is 13.5. The largest absolute Gasteiger partial charge is 0.452 e. The van der Waals surface area contributed by atoms with Gasteiger partial charge in [0.25, 0.3) is 0 Å². The molecule has 0 amide bonds. The van der Waals surface area contributed by atoms with Gasteiger partial charge in [-0.3, -0.25) is 0 Å². The molecule has 0 N–H and O–H groups in total. The van der Waals surface area contributed by atoms with Gasteiger partial charge >= 0.3 is 23.7 Å². The van der Waals surface area contributed by atoms with Gasteiger partial charge in [0.05, 0.1) is 33.8 Å². The van der Waals surface area contributed by atoms with Crippen LogP contribution in [0.25, 0.3) is 11.1 Å². The number of oxazole rings is 1. The first-order chi connectivity index (χ1) is 21.8. The predicted molar refractivity (Wildman–Crippen MR) is 165 cm³/mol. The lowest BCUT2D eigenvalue weighted by Gasteiger charge is -2.40. The third-order valence-corrected chi connectivity index (χ3v) is 8.28. The highest BCUT2D eigenvalue weighted by atomic mass is 79.9. The van der Waals surface area contributed by atoms with Gasteiger partial charge < -0.3 is 23.4 Å². The van der Waals surface area contributed by atoms with Crippen LogP contribution in [0.1, 0.15) is 37.3 Å². The van der Waals surface area contributed by atoms with Crippen LogP contribution in [0.4, 0.5) is 0 Å². The second-order valence-corrected chi connectivity index (χ2v) is 11.2. The number of esters is 3. The summed E-state index contributed by atoms with van der Waals surface area (Å²) in [5.74, 6) is -3.15. The quantitative estimate of drug-likeness (QED) is 0.145. The zero-order valence-corrected chi connectivity index (χ0v) is 25.6. The number of nitrogens with zero attached hydrogens (tertiary/aromatic N) is 1. The smallest absolute Gasteiger partial charge is 0.422 e. The summed E-state index contributed by atoms with van der Waals surface area (Å²) in [4.78, 5) is 53.3. The standard InChI is InChI=1S/C33H23BrClNO9/c34-22-16-25-24(17-23(22)35)36(33(40)43-25)29-28(45-32(39)21-14-8-3-9-15-21)27(44-31(38)20-12-6-2-7-13-20)26(18-41-29)42-30(37)19-10-4-1-5-11-19/h1-17,26-29H,18H2. The Kier molecular flexibility index (Phi) is 8.83. The number of hydrogen-bond donors (Lipinski definition) is 0. The van der Waals surface area contributed by atoms with E-state index in [0.717, 1.165) is 4.57 Å². The number of halogens is 2. The number of fused-ring (bicyclic) bond motifs is 1. The van der Waals surface area contributed by atoms with E-state index in [9.17, 15) is 19.2 Å². The molecule has 0 aliphatic carbocycles. The Bertz CT molecular complexity index is 1910. The van der Waals surface area contributed by atoms with E-state index in [0.29, 0.717) is 4.47 Å². The molecule has 4 atom stereocenters. The first-order valence-corrected chi connectivity index (χ1v) is 14.9. The summed E-state index contributed by atoms with van der Waals surface area (Å²) in [5, 5.41) is 0.271. The molecule has 4 aromatic carbocycles. The highest BCUT2D eigenvalue weighted by molar-refractivity contribution is 9.10. The van der Waals surface area contributed by atoms with Crippen LogP contribution in [0.3, 0.4) is 0 Å². The van der Waals surface area contributed by atoms with Crippen molar-refractivity contribution in [1.29, 1.82) is 0 Å². The van der Waals surface area contributed by atoms with Crippen molar-refractivity contribution < 1.29 is 37.7 Å². The normalized spacial score (nSPS) is 19.5. The summed E-state index contributed by atoms with van der Waals surface area (Å²) >= 11 is 9.67. The molecule has 5 aromatic rings. The van der Waals surface area contributed by atoms with Gasteiger partial charge in [-0.25, -0.2) is 23.7 Å². The molecule has 1 aliphatic heterocycles. The van der Waals surface area contributed by atoms with E-state index in [2.05, 4.69) is 15.9 Å². The molecule has 45 heavy (non-hydrogen) atoms. The topological polar surface area (TPSA) is 123 Å². The molecule has 6 rings (SSSR count). The molecule has 1 aliphatic rings. The van der Waals surface area contributed by atoms with Gasteiger partial charge in [0.15, 0.2) is 30.1 Å². The van der Waals surface area contributed by atoms with E-state index < -0.39 is 48.2 Å². The number of aromatic nitrogens is 1. The fourth-order valence-electron chi connectivity index (χ4n) is 4.93. The molecule has 0 spiro atoms. The van der Waals surface area contributed by atoms with Crippen molar-refractivity contribution in [3.8, 4) is 0 Å². The summed E-state index contributed by atoms with van der Waals surface area (Å²) in [6.07, 6.45) is -5.57. The Hall–Kier alpha value is -4.71. The molecule has 228 valence electrons. The number of ether oxygens (including phenoxy) is 4. The van der Waals surface area contributed by atoms with Crippen molar-refractivity contribution in [2.75, 3.05) is 6.61 Å². The van der Waals surface area contributed by atoms with E-state index in [1.54, 1.807) is 78.9 Å². The Labute approximate surface area is 269 Å². The van der Waals surface area contributed by atoms with Crippen molar-refractivity contribution in [3.63, 3.8) is 0 Å². The van der Waals surface area contributed by atoms with Gasteiger partial charge in [0, 0.05) is 4.47 Å². The predicted octanol–water partition coefficient (Wildman–Crippen LogP) is 6.22. The van der Waals surface area contributed by atoms with Crippen molar-refractivity contribution in [1.82, 2.24) is 4.57 Å². The summed E-state index contributed by atoms with van der Waals surface area (Å²) in [7, 11) is 0. The van der Waals surface area contributed by atoms with E-state index in [1.165, 1.54) is 24.3 Å². The van der Waals surface area contributed by atoms with Crippen LogP contribution in [0.5, 0.6) is 0 Å². The molecular weight excluding hydrogens is 670 g/mol. The molecule has 0 radical (unpaired) electrons. The van der Waals surface area contributed by atoms with Crippen LogP contribution in [-0.4, -0.2) is 47.4 Å². The number of carbonyl (C=O) groups is 3. The lowest BCUT2D eigenvalue weighted by molar-refractivity contribution is -0.212. The average Bonchev–Trinajstić information content (AvgIpc) is 3.37. The van der Waals surface area contributed by atoms with Crippen LogP contribution in [0.15, 0.2) is 117 Å². The Morgan fingerprint density at radius 2 is 1.22 bits per heavy atom. The molecule has 1 saturated heterocycles. The van der Waals surface area contributed by atoms with E-state index >= 15 is 0 Å². The second-order valence-electron chi connectivity index (χ2n) is 9.98. The molecule has 1 fully saturated rings. The molecule has 0 saturated carbocycles. The second kappa shape index (κ2) is 13.1. The van der Waals surface area contributed by atoms with Crippen molar-refractivity contribution in [2.45, 2.75) is 24.5 Å². The molecular formula is C33H23BrClNO9. The summed E-state index contributed by atoms with van der Waals surface area (Å²) in [6.45, 7) is -0.335. The lowest BCUT2D eigenvalue weighted by atomic mass is 10.0. The summed E-state index contributed by atoms with van der Waals surface area (Å²) in [6, 6.07) is 27.4. The van der Waals surface area contributed by atoms with Crippen LogP contribution in [-0.2, 0) is 18.9 Å². The zero-order valence-electron chi connectivity index (χ0n) is 23.2. The van der Waals surface area contributed by atoms with Crippen LogP contribution in [0, 0.1) is 0 Å². The van der Waals surface area contributed by atoms with E-state index in [4.69, 9.17) is 35.0 Å². The highest BCUT2D eigenvalue weighted by Crippen LogP contribution is 2.35. The minimum atomic E-state index is -1.51. The minimum absolute atomic E-state index is 0.170. The third-order valence-electron chi connectivity index (χ3n) is 7.09. The van der Waals surface area contributed by atoms with Gasteiger partial charge in [-0.1, -0.05) is 66.2 Å². The lowest BCUT2D eigenvalue weighted by Crippen LogP contribution is -2.56. The molecule has 10 nitrogen and oxygen atoms in total. The monoisotopic (exact) mass is 691 g/mol. The van der Waals surface area contributed by atoms with Gasteiger partial charge in [0.1, 0.15) is 0 Å². The SMILES string of the molecule is O=C(OC1COC(n2c(=O)oc3cc(Br)c(Cl)cc32)C(OC(=O)c2ccccc2)C1OC(=O)c1ccccc1)c1ccccc1. The zero-order chi connectivity index (χ0) is 31.5. The van der Waals surface area contributed by atoms with Crippen molar-refractivity contribution in [3.05, 3.63) is 140 Å². The third kappa shape index (κ3) is 6.41. The molecule has 12 heteroatoms. The maximum Gasteiger partial charge on any atom is 0.422 e. The first kappa shape index (κ1) is 30.3.